The normalized spacial score (nSPS) is 51.1. The van der Waals surface area contributed by atoms with Gasteiger partial charge in [-0.05, 0) is 110 Å². The molecule has 0 heterocycles. The van der Waals surface area contributed by atoms with E-state index in [2.05, 4.69) is 18.0 Å². The van der Waals surface area contributed by atoms with E-state index in [-0.39, 0.29) is 24.2 Å². The average Bonchev–Trinajstić information content (AvgIpc) is 3.05. The predicted molar refractivity (Wildman–Crippen MR) is 118 cm³/mol. The molecule has 4 aliphatic carbocycles. The highest BCUT2D eigenvalue weighted by Crippen LogP contribution is 2.68. The fraction of sp³-hybridized carbons (Fsp3) is 0.958. The van der Waals surface area contributed by atoms with E-state index in [9.17, 15) is 17.8 Å². The molecule has 178 valence electrons. The van der Waals surface area contributed by atoms with Crippen LogP contribution in [-0.4, -0.2) is 30.2 Å². The molecule has 0 aliphatic heterocycles. The van der Waals surface area contributed by atoms with Gasteiger partial charge >= 0.3 is 16.4 Å². The van der Waals surface area contributed by atoms with Crippen LogP contribution in [0.5, 0.6) is 0 Å². The number of fused-ring (bicyclic) bond motifs is 5. The lowest BCUT2D eigenvalue weighted by atomic mass is 9.44. The van der Waals surface area contributed by atoms with Crippen molar-refractivity contribution in [2.45, 2.75) is 97.4 Å². The van der Waals surface area contributed by atoms with E-state index < -0.39 is 46.6 Å². The third kappa shape index (κ3) is 4.31. The summed E-state index contributed by atoms with van der Waals surface area (Å²) in [5.41, 5.74) is -0.547. The summed E-state index contributed by atoms with van der Waals surface area (Å²) in [7, 11) is -5.01. The second-order valence-corrected chi connectivity index (χ2v) is 12.2. The minimum atomic E-state index is -5.01. The van der Waals surface area contributed by atoms with Crippen LogP contribution in [0, 0.1) is 46.3 Å². The first kappa shape index (κ1) is 18.7. The zero-order chi connectivity index (χ0) is 26.2. The van der Waals surface area contributed by atoms with Gasteiger partial charge in [0.2, 0.25) is 0 Å². The largest absolute Gasteiger partial charge is 0.481 e. The third-order valence-electron chi connectivity index (χ3n) is 9.68. The van der Waals surface area contributed by atoms with Gasteiger partial charge in [0.15, 0.2) is 0 Å². The second-order valence-electron chi connectivity index (χ2n) is 11.1. The summed E-state index contributed by atoms with van der Waals surface area (Å²) in [4.78, 5) is 11.1. The highest BCUT2D eigenvalue weighted by atomic mass is 32.3. The molecule has 0 bridgehead atoms. The number of carboxylic acids is 1. The topological polar surface area (TPSA) is 101 Å². The molecule has 0 amide bonds. The van der Waals surface area contributed by atoms with E-state index in [0.717, 1.165) is 32.1 Å². The SMILES string of the molecule is [2H]C1([2H])C[C@]2(C)C3CC[C@@]4(C)C(CC[C@@H]4[C@H](C)CCC(=O)O)C3CC[C@@H]2C([2H])([2H])[C@@H]1OS(=O)(=O)O. The molecular weight excluding hydrogens is 416 g/mol. The van der Waals surface area contributed by atoms with Crippen LogP contribution in [0.4, 0.5) is 0 Å². The van der Waals surface area contributed by atoms with Crippen molar-refractivity contribution in [2.75, 3.05) is 0 Å². The first-order chi connectivity index (χ1) is 15.9. The van der Waals surface area contributed by atoms with Gasteiger partial charge in [-0.1, -0.05) is 20.8 Å². The Hall–Kier alpha value is -0.660. The predicted octanol–water partition coefficient (Wildman–Crippen LogP) is 5.33. The van der Waals surface area contributed by atoms with Crippen LogP contribution in [-0.2, 0) is 19.4 Å². The van der Waals surface area contributed by atoms with Crippen LogP contribution in [0.3, 0.4) is 0 Å². The van der Waals surface area contributed by atoms with Crippen molar-refractivity contribution < 1.29 is 32.5 Å². The minimum absolute atomic E-state index is 0.00654. The lowest BCUT2D eigenvalue weighted by Gasteiger charge is -2.61. The summed E-state index contributed by atoms with van der Waals surface area (Å²) in [5, 5.41) is 9.14. The molecule has 6 nitrogen and oxygen atoms in total. The Labute approximate surface area is 193 Å². The molecule has 4 rings (SSSR count). The Bertz CT molecular complexity index is 958. The van der Waals surface area contributed by atoms with Gasteiger partial charge in [-0.25, -0.2) is 4.18 Å². The monoisotopic (exact) mass is 460 g/mol. The second kappa shape index (κ2) is 8.28. The van der Waals surface area contributed by atoms with Crippen molar-refractivity contribution in [1.29, 1.82) is 0 Å². The van der Waals surface area contributed by atoms with Gasteiger partial charge in [0.05, 0.1) is 6.10 Å². The van der Waals surface area contributed by atoms with E-state index in [1.807, 2.05) is 6.92 Å². The number of rotatable bonds is 6. The summed E-state index contributed by atoms with van der Waals surface area (Å²) in [6, 6.07) is 0. The van der Waals surface area contributed by atoms with Gasteiger partial charge in [0.25, 0.3) is 0 Å². The van der Waals surface area contributed by atoms with E-state index in [1.165, 1.54) is 0 Å². The lowest BCUT2D eigenvalue weighted by Crippen LogP contribution is -2.54. The highest BCUT2D eigenvalue weighted by Gasteiger charge is 2.60. The van der Waals surface area contributed by atoms with Crippen molar-refractivity contribution in [3.8, 4) is 0 Å². The maximum Gasteiger partial charge on any atom is 0.397 e. The molecule has 7 heteroatoms. The summed E-state index contributed by atoms with van der Waals surface area (Å²) in [6.45, 7) is 6.51. The molecule has 3 unspecified atom stereocenters. The Morgan fingerprint density at radius 1 is 1.13 bits per heavy atom. The molecule has 0 saturated heterocycles. The van der Waals surface area contributed by atoms with Crippen LogP contribution >= 0.6 is 0 Å². The first-order valence-corrected chi connectivity index (χ1v) is 13.2. The van der Waals surface area contributed by atoms with E-state index >= 15 is 0 Å². The van der Waals surface area contributed by atoms with Crippen molar-refractivity contribution in [2.24, 2.45) is 46.3 Å². The first-order valence-electron chi connectivity index (χ1n) is 13.8. The number of hydrogen-bond acceptors (Lipinski definition) is 4. The van der Waals surface area contributed by atoms with Crippen LogP contribution < -0.4 is 0 Å². The Morgan fingerprint density at radius 3 is 2.52 bits per heavy atom. The number of aliphatic carboxylic acids is 1. The summed E-state index contributed by atoms with van der Waals surface area (Å²) < 4.78 is 71.6. The Balaban J connectivity index is 1.61. The molecular formula is C24H40O6S. The summed E-state index contributed by atoms with van der Waals surface area (Å²) in [5.74, 6) is 0.365. The molecule has 2 N–H and O–H groups in total. The van der Waals surface area contributed by atoms with Gasteiger partial charge in [0, 0.05) is 11.9 Å². The van der Waals surface area contributed by atoms with Gasteiger partial charge in [-0.15, -0.1) is 0 Å². The molecule has 0 aromatic rings. The van der Waals surface area contributed by atoms with Gasteiger partial charge in [0.1, 0.15) is 0 Å². The third-order valence-corrected chi connectivity index (χ3v) is 10.1. The van der Waals surface area contributed by atoms with Crippen LogP contribution in [0.1, 0.15) is 96.8 Å². The fourth-order valence-corrected chi connectivity index (χ4v) is 8.62. The molecule has 0 radical (unpaired) electrons. The number of carbonyl (C=O) groups is 1. The van der Waals surface area contributed by atoms with Crippen LogP contribution in [0.15, 0.2) is 0 Å². The molecule has 4 aliphatic rings. The lowest BCUT2D eigenvalue weighted by molar-refractivity contribution is -0.138. The molecule has 4 fully saturated rings. The minimum Gasteiger partial charge on any atom is -0.481 e. The Morgan fingerprint density at radius 2 is 1.84 bits per heavy atom. The number of carboxylic acid groups (broad SMARTS) is 1. The summed E-state index contributed by atoms with van der Waals surface area (Å²) >= 11 is 0. The maximum absolute atomic E-state index is 11.4. The average molecular weight is 461 g/mol. The van der Waals surface area contributed by atoms with Crippen molar-refractivity contribution in [3.63, 3.8) is 0 Å². The molecule has 9 atom stereocenters. The van der Waals surface area contributed by atoms with Gasteiger partial charge in [-0.3, -0.25) is 9.35 Å². The molecule has 4 saturated carbocycles. The standard InChI is InChI=1S/C24H40O6S/c1-15(4-9-22(25)26)19-7-8-20-18-6-5-16-14-17(30-31(27,28)29)10-12-23(16,2)21(18)11-13-24(19,20)3/h15-21H,4-14H2,1-3H3,(H,25,26)(H,27,28,29)/t15-,16-,17-,18?,19-,20?,21?,23+,24-/m1/s1/i10D2,14D2. The van der Waals surface area contributed by atoms with Crippen LogP contribution in [0.25, 0.3) is 0 Å². The molecule has 0 aromatic carbocycles. The summed E-state index contributed by atoms with van der Waals surface area (Å²) in [6.07, 6.45) is -0.256. The number of hydrogen-bond donors (Lipinski definition) is 2. The van der Waals surface area contributed by atoms with E-state index in [1.54, 1.807) is 0 Å². The van der Waals surface area contributed by atoms with E-state index in [0.29, 0.717) is 36.5 Å². The molecule has 0 aromatic heterocycles. The quantitative estimate of drug-likeness (QED) is 0.519. The van der Waals surface area contributed by atoms with Gasteiger partial charge in [-0.2, -0.15) is 8.42 Å². The fourth-order valence-electron chi connectivity index (χ4n) is 8.25. The zero-order valence-corrected chi connectivity index (χ0v) is 19.7. The Kier molecular flexibility index (Phi) is 5.00. The van der Waals surface area contributed by atoms with Crippen LogP contribution in [0.2, 0.25) is 0 Å². The van der Waals surface area contributed by atoms with Gasteiger partial charge < -0.3 is 5.11 Å². The van der Waals surface area contributed by atoms with E-state index in [4.69, 9.17) is 10.6 Å². The maximum atomic E-state index is 11.4. The molecule has 31 heavy (non-hydrogen) atoms. The zero-order valence-electron chi connectivity index (χ0n) is 22.8. The smallest absolute Gasteiger partial charge is 0.397 e. The van der Waals surface area contributed by atoms with Crippen molar-refractivity contribution >= 4 is 16.4 Å². The van der Waals surface area contributed by atoms with Crippen molar-refractivity contribution in [3.05, 3.63) is 0 Å². The highest BCUT2D eigenvalue weighted by molar-refractivity contribution is 7.80. The van der Waals surface area contributed by atoms with Crippen molar-refractivity contribution in [1.82, 2.24) is 0 Å². The molecule has 0 spiro atoms.